The van der Waals surface area contributed by atoms with Gasteiger partial charge in [0.25, 0.3) is 5.91 Å². The van der Waals surface area contributed by atoms with Crippen LogP contribution in [0.5, 0.6) is 11.5 Å². The Morgan fingerprint density at radius 3 is 2.34 bits per heavy atom. The van der Waals surface area contributed by atoms with Crippen molar-refractivity contribution in [3.8, 4) is 11.5 Å². The predicted molar refractivity (Wildman–Crippen MR) is 100 cm³/mol. The normalized spacial score (nSPS) is 11.2. The molecule has 0 aliphatic heterocycles. The number of ether oxygens (including phenoxy) is 2. The number of hydrogen-bond donors (Lipinski definition) is 1. The molecule has 1 amide bonds. The molecule has 29 heavy (non-hydrogen) atoms. The Morgan fingerprint density at radius 1 is 1.03 bits per heavy atom. The van der Waals surface area contributed by atoms with Crippen molar-refractivity contribution >= 4 is 11.7 Å². The average molecular weight is 405 g/mol. The van der Waals surface area contributed by atoms with Gasteiger partial charge < -0.3 is 14.8 Å². The molecule has 9 heteroatoms. The summed E-state index contributed by atoms with van der Waals surface area (Å²) < 4.78 is 49.9. The van der Waals surface area contributed by atoms with Gasteiger partial charge in [-0.25, -0.2) is 4.68 Å². The largest absolute Gasteiger partial charge is 0.493 e. The lowest BCUT2D eigenvalue weighted by Crippen LogP contribution is -2.16. The number of carbonyl (C=O) groups excluding carboxylic acids is 1. The summed E-state index contributed by atoms with van der Waals surface area (Å²) in [4.78, 5) is 12.6. The topological polar surface area (TPSA) is 65.4 Å². The molecule has 1 N–H and O–H groups in total. The Hall–Kier alpha value is -3.49. The van der Waals surface area contributed by atoms with Gasteiger partial charge in [0, 0.05) is 11.6 Å². The van der Waals surface area contributed by atoms with E-state index in [1.54, 1.807) is 24.3 Å². The zero-order valence-electron chi connectivity index (χ0n) is 15.7. The van der Waals surface area contributed by atoms with Gasteiger partial charge in [0.05, 0.1) is 32.5 Å². The highest BCUT2D eigenvalue weighted by atomic mass is 19.4. The van der Waals surface area contributed by atoms with E-state index in [0.29, 0.717) is 28.4 Å². The van der Waals surface area contributed by atoms with Gasteiger partial charge in [0.2, 0.25) is 0 Å². The highest BCUT2D eigenvalue weighted by Gasteiger charge is 2.29. The van der Waals surface area contributed by atoms with Crippen molar-refractivity contribution in [2.45, 2.75) is 12.7 Å². The molecule has 3 rings (SSSR count). The first-order valence-corrected chi connectivity index (χ1v) is 8.53. The minimum atomic E-state index is -4.39. The number of methoxy groups -OCH3 is 2. The zero-order chi connectivity index (χ0) is 21.0. The van der Waals surface area contributed by atoms with Crippen molar-refractivity contribution in [1.82, 2.24) is 9.78 Å². The number of hydrogen-bond acceptors (Lipinski definition) is 4. The van der Waals surface area contributed by atoms with Gasteiger partial charge in [-0.15, -0.1) is 0 Å². The standard InChI is InChI=1S/C20H18F3N3O3/c1-28-16-8-5-14(11-17(16)29-2)19(27)25-18-9-10-24-26(18)12-13-3-6-15(7-4-13)20(21,22)23/h3-11H,12H2,1-2H3,(H,25,27). The molecule has 0 saturated carbocycles. The number of aromatic nitrogens is 2. The summed E-state index contributed by atoms with van der Waals surface area (Å²) in [5.41, 5.74) is 0.247. The molecule has 0 aliphatic rings. The summed E-state index contributed by atoms with van der Waals surface area (Å²) >= 11 is 0. The number of carbonyl (C=O) groups is 1. The van der Waals surface area contributed by atoms with Crippen LogP contribution in [0.15, 0.2) is 54.7 Å². The van der Waals surface area contributed by atoms with E-state index < -0.39 is 11.7 Å². The van der Waals surface area contributed by atoms with Gasteiger partial charge >= 0.3 is 6.18 Å². The summed E-state index contributed by atoms with van der Waals surface area (Å²) in [7, 11) is 2.97. The second-order valence-electron chi connectivity index (χ2n) is 6.09. The van der Waals surface area contributed by atoms with E-state index >= 15 is 0 Å². The van der Waals surface area contributed by atoms with Gasteiger partial charge in [-0.3, -0.25) is 4.79 Å². The molecule has 3 aromatic rings. The Kier molecular flexibility index (Phi) is 5.76. The zero-order valence-corrected chi connectivity index (χ0v) is 15.7. The maximum absolute atomic E-state index is 12.7. The monoisotopic (exact) mass is 405 g/mol. The number of alkyl halides is 3. The summed E-state index contributed by atoms with van der Waals surface area (Å²) in [6, 6.07) is 11.1. The maximum Gasteiger partial charge on any atom is 0.416 e. The number of nitrogens with zero attached hydrogens (tertiary/aromatic N) is 2. The lowest BCUT2D eigenvalue weighted by Gasteiger charge is -2.12. The number of amides is 1. The summed E-state index contributed by atoms with van der Waals surface area (Å²) in [5.74, 6) is 0.930. The van der Waals surface area contributed by atoms with Crippen LogP contribution in [-0.4, -0.2) is 29.9 Å². The van der Waals surface area contributed by atoms with E-state index in [1.807, 2.05) is 0 Å². The van der Waals surface area contributed by atoms with Gasteiger partial charge in [-0.2, -0.15) is 18.3 Å². The van der Waals surface area contributed by atoms with E-state index in [0.717, 1.165) is 12.1 Å². The Balaban J connectivity index is 1.74. The third-order valence-electron chi connectivity index (χ3n) is 4.22. The molecule has 0 bridgehead atoms. The molecule has 0 atom stereocenters. The van der Waals surface area contributed by atoms with E-state index in [2.05, 4.69) is 10.4 Å². The van der Waals surface area contributed by atoms with Gasteiger partial charge in [0.15, 0.2) is 11.5 Å². The molecule has 1 aromatic heterocycles. The molecule has 1 heterocycles. The number of halogens is 3. The Bertz CT molecular complexity index is 998. The van der Waals surface area contributed by atoms with Crippen molar-refractivity contribution in [3.05, 3.63) is 71.4 Å². The SMILES string of the molecule is COc1ccc(C(=O)Nc2ccnn2Cc2ccc(C(F)(F)F)cc2)cc1OC. The summed E-state index contributed by atoms with van der Waals surface area (Å²) in [6.45, 7) is 0.201. The molecule has 0 aliphatic carbocycles. The first-order valence-electron chi connectivity index (χ1n) is 8.53. The molecular formula is C20H18F3N3O3. The first-order chi connectivity index (χ1) is 13.8. The fourth-order valence-corrected chi connectivity index (χ4v) is 2.70. The Morgan fingerprint density at radius 2 is 1.72 bits per heavy atom. The predicted octanol–water partition coefficient (Wildman–Crippen LogP) is 4.22. The second-order valence-corrected chi connectivity index (χ2v) is 6.09. The maximum atomic E-state index is 12.7. The van der Waals surface area contributed by atoms with E-state index in [4.69, 9.17) is 9.47 Å². The van der Waals surface area contributed by atoms with Crippen molar-refractivity contribution < 1.29 is 27.4 Å². The quantitative estimate of drug-likeness (QED) is 0.667. The lowest BCUT2D eigenvalue weighted by atomic mass is 10.1. The summed E-state index contributed by atoms with van der Waals surface area (Å²) in [6.07, 6.45) is -2.89. The summed E-state index contributed by atoms with van der Waals surface area (Å²) in [5, 5.41) is 6.86. The van der Waals surface area contributed by atoms with Crippen LogP contribution in [0.25, 0.3) is 0 Å². The van der Waals surface area contributed by atoms with E-state index in [-0.39, 0.29) is 12.5 Å². The van der Waals surface area contributed by atoms with Crippen LogP contribution in [-0.2, 0) is 12.7 Å². The first kappa shape index (κ1) is 20.2. The van der Waals surface area contributed by atoms with Gasteiger partial charge in [0.1, 0.15) is 5.82 Å². The fraction of sp³-hybridized carbons (Fsp3) is 0.200. The molecular weight excluding hydrogens is 387 g/mol. The number of rotatable bonds is 6. The third kappa shape index (κ3) is 4.68. The molecule has 0 saturated heterocycles. The molecule has 2 aromatic carbocycles. The molecule has 0 spiro atoms. The minimum Gasteiger partial charge on any atom is -0.493 e. The highest BCUT2D eigenvalue weighted by molar-refractivity contribution is 6.04. The van der Waals surface area contributed by atoms with Crippen molar-refractivity contribution in [2.75, 3.05) is 19.5 Å². The Labute approximate surface area is 164 Å². The van der Waals surface area contributed by atoms with Crippen LogP contribution in [0, 0.1) is 0 Å². The molecule has 0 fully saturated rings. The number of nitrogens with one attached hydrogen (secondary N) is 1. The number of benzene rings is 2. The van der Waals surface area contributed by atoms with Crippen LogP contribution in [0.2, 0.25) is 0 Å². The smallest absolute Gasteiger partial charge is 0.416 e. The molecule has 0 radical (unpaired) electrons. The molecule has 6 nitrogen and oxygen atoms in total. The van der Waals surface area contributed by atoms with E-state index in [9.17, 15) is 18.0 Å². The van der Waals surface area contributed by atoms with Gasteiger partial charge in [-0.1, -0.05) is 12.1 Å². The van der Waals surface area contributed by atoms with Crippen molar-refractivity contribution in [2.24, 2.45) is 0 Å². The lowest BCUT2D eigenvalue weighted by molar-refractivity contribution is -0.137. The van der Waals surface area contributed by atoms with Crippen LogP contribution >= 0.6 is 0 Å². The third-order valence-corrected chi connectivity index (χ3v) is 4.22. The van der Waals surface area contributed by atoms with Crippen molar-refractivity contribution in [1.29, 1.82) is 0 Å². The van der Waals surface area contributed by atoms with Crippen LogP contribution in [0.4, 0.5) is 19.0 Å². The second kappa shape index (κ2) is 8.26. The van der Waals surface area contributed by atoms with Crippen molar-refractivity contribution in [3.63, 3.8) is 0 Å². The van der Waals surface area contributed by atoms with E-state index in [1.165, 1.54) is 37.2 Å². The average Bonchev–Trinajstić information content (AvgIpc) is 3.13. The van der Waals surface area contributed by atoms with Crippen LogP contribution in [0.3, 0.4) is 0 Å². The van der Waals surface area contributed by atoms with Crippen LogP contribution in [0.1, 0.15) is 21.5 Å². The molecule has 152 valence electrons. The highest BCUT2D eigenvalue weighted by Crippen LogP contribution is 2.30. The van der Waals surface area contributed by atoms with Gasteiger partial charge in [-0.05, 0) is 35.9 Å². The van der Waals surface area contributed by atoms with Crippen LogP contribution < -0.4 is 14.8 Å². The minimum absolute atomic E-state index is 0.201. The number of anilines is 1. The molecule has 0 unspecified atom stereocenters. The fourth-order valence-electron chi connectivity index (χ4n) is 2.70.